The first-order valence-corrected chi connectivity index (χ1v) is 11.8. The van der Waals surface area contributed by atoms with Crippen LogP contribution in [0.15, 0.2) is 36.7 Å². The van der Waals surface area contributed by atoms with Crippen LogP contribution in [0.5, 0.6) is 0 Å². The Morgan fingerprint density at radius 3 is 2.56 bits per heavy atom. The highest BCUT2D eigenvalue weighted by Gasteiger charge is 2.14. The Labute approximate surface area is 201 Å². The van der Waals surface area contributed by atoms with Gasteiger partial charge in [0.15, 0.2) is 0 Å². The Morgan fingerprint density at radius 2 is 1.88 bits per heavy atom. The van der Waals surface area contributed by atoms with E-state index in [1.54, 1.807) is 19.1 Å². The quantitative estimate of drug-likeness (QED) is 0.375. The lowest BCUT2D eigenvalue weighted by Gasteiger charge is -2.22. The van der Waals surface area contributed by atoms with Gasteiger partial charge in [-0.25, -0.2) is 4.98 Å². The predicted molar refractivity (Wildman–Crippen MR) is 136 cm³/mol. The van der Waals surface area contributed by atoms with Crippen LogP contribution in [-0.2, 0) is 20.7 Å². The van der Waals surface area contributed by atoms with Crippen molar-refractivity contribution in [1.29, 1.82) is 0 Å². The standard InChI is InChI=1S/C25H36N6O3/c1-5-11-27-24-21-8-7-20(17-22(21)28-25(26-2)29-24)31-12-10-19(18-31)6-9-23(32)30(13-15-33-3)14-16-34-4/h7-8,10,12,17-18H,5-6,9,11,13-16H2,1-4H3,(H2,26,27,28,29). The molecule has 1 amide bonds. The van der Waals surface area contributed by atoms with E-state index in [-0.39, 0.29) is 5.91 Å². The summed E-state index contributed by atoms with van der Waals surface area (Å²) in [5.41, 5.74) is 2.98. The number of rotatable bonds is 14. The van der Waals surface area contributed by atoms with Crippen molar-refractivity contribution >= 4 is 28.6 Å². The SMILES string of the molecule is CCCNc1nc(NC)nc2cc(-n3ccc(CCC(=O)N(CCOC)CCOC)c3)ccc12. The molecule has 3 aromatic rings. The van der Waals surface area contributed by atoms with Crippen LogP contribution >= 0.6 is 0 Å². The highest BCUT2D eigenvalue weighted by molar-refractivity contribution is 5.91. The van der Waals surface area contributed by atoms with Crippen LogP contribution in [-0.4, -0.2) is 79.5 Å². The van der Waals surface area contributed by atoms with Crippen LogP contribution in [0.25, 0.3) is 16.6 Å². The number of fused-ring (bicyclic) bond motifs is 1. The molecule has 0 aliphatic rings. The normalized spacial score (nSPS) is 11.1. The number of carbonyl (C=O) groups is 1. The molecule has 3 rings (SSSR count). The highest BCUT2D eigenvalue weighted by atomic mass is 16.5. The number of carbonyl (C=O) groups excluding carboxylic acids is 1. The van der Waals surface area contributed by atoms with Gasteiger partial charge in [-0.15, -0.1) is 0 Å². The lowest BCUT2D eigenvalue weighted by Crippen LogP contribution is -2.36. The number of hydrogen-bond acceptors (Lipinski definition) is 7. The van der Waals surface area contributed by atoms with E-state index >= 15 is 0 Å². The number of hydrogen-bond donors (Lipinski definition) is 2. The Balaban J connectivity index is 1.72. The molecule has 34 heavy (non-hydrogen) atoms. The van der Waals surface area contributed by atoms with Gasteiger partial charge in [0.05, 0.1) is 18.7 Å². The number of nitrogens with zero attached hydrogens (tertiary/aromatic N) is 4. The molecule has 2 N–H and O–H groups in total. The summed E-state index contributed by atoms with van der Waals surface area (Å²) >= 11 is 0. The predicted octanol–water partition coefficient (Wildman–Crippen LogP) is 3.34. The average Bonchev–Trinajstić information content (AvgIpc) is 3.34. The van der Waals surface area contributed by atoms with Crippen molar-refractivity contribution in [3.63, 3.8) is 0 Å². The second kappa shape index (κ2) is 12.9. The number of methoxy groups -OCH3 is 2. The molecular weight excluding hydrogens is 432 g/mol. The van der Waals surface area contributed by atoms with Crippen molar-refractivity contribution < 1.29 is 14.3 Å². The zero-order valence-corrected chi connectivity index (χ0v) is 20.6. The topological polar surface area (TPSA) is 93.5 Å². The molecule has 2 aromatic heterocycles. The van der Waals surface area contributed by atoms with Gasteiger partial charge in [0, 0.05) is 70.8 Å². The number of ether oxygens (including phenoxy) is 2. The molecule has 0 saturated carbocycles. The smallest absolute Gasteiger partial charge is 0.224 e. The number of aryl methyl sites for hydroxylation is 1. The number of anilines is 2. The largest absolute Gasteiger partial charge is 0.383 e. The molecule has 0 saturated heterocycles. The zero-order chi connectivity index (χ0) is 24.3. The van der Waals surface area contributed by atoms with Crippen molar-refractivity contribution in [2.45, 2.75) is 26.2 Å². The second-order valence-electron chi connectivity index (χ2n) is 8.07. The summed E-state index contributed by atoms with van der Waals surface area (Å²) in [4.78, 5) is 23.7. The van der Waals surface area contributed by atoms with Gasteiger partial charge >= 0.3 is 0 Å². The van der Waals surface area contributed by atoms with Crippen LogP contribution in [0.3, 0.4) is 0 Å². The number of nitrogens with one attached hydrogen (secondary N) is 2. The Kier molecular flexibility index (Phi) is 9.66. The number of amides is 1. The number of aromatic nitrogens is 3. The van der Waals surface area contributed by atoms with Gasteiger partial charge in [-0.05, 0) is 42.7 Å². The molecule has 0 aliphatic carbocycles. The van der Waals surface area contributed by atoms with E-state index in [4.69, 9.17) is 9.47 Å². The summed E-state index contributed by atoms with van der Waals surface area (Å²) in [6.07, 6.45) is 6.22. The van der Waals surface area contributed by atoms with E-state index < -0.39 is 0 Å². The summed E-state index contributed by atoms with van der Waals surface area (Å²) in [5, 5.41) is 7.42. The third-order valence-corrected chi connectivity index (χ3v) is 5.61. The molecule has 0 bridgehead atoms. The molecule has 0 spiro atoms. The van der Waals surface area contributed by atoms with Crippen LogP contribution in [0.2, 0.25) is 0 Å². The summed E-state index contributed by atoms with van der Waals surface area (Å²) in [5.74, 6) is 1.53. The number of benzene rings is 1. The minimum absolute atomic E-state index is 0.107. The fraction of sp³-hybridized carbons (Fsp3) is 0.480. The molecule has 2 heterocycles. The second-order valence-corrected chi connectivity index (χ2v) is 8.07. The third kappa shape index (κ3) is 6.68. The molecule has 1 aromatic carbocycles. The molecule has 184 valence electrons. The first-order valence-electron chi connectivity index (χ1n) is 11.8. The molecule has 9 nitrogen and oxygen atoms in total. The van der Waals surface area contributed by atoms with Crippen LogP contribution in [0.4, 0.5) is 11.8 Å². The van der Waals surface area contributed by atoms with E-state index in [1.165, 1.54) is 0 Å². The molecule has 0 unspecified atom stereocenters. The monoisotopic (exact) mass is 468 g/mol. The van der Waals surface area contributed by atoms with Gasteiger partial charge < -0.3 is 29.6 Å². The van der Waals surface area contributed by atoms with Crippen LogP contribution < -0.4 is 10.6 Å². The van der Waals surface area contributed by atoms with E-state index in [0.29, 0.717) is 45.1 Å². The minimum atomic E-state index is 0.107. The molecule has 0 radical (unpaired) electrons. The van der Waals surface area contributed by atoms with Crippen molar-refractivity contribution in [2.75, 3.05) is 64.7 Å². The Hall–Kier alpha value is -3.17. The van der Waals surface area contributed by atoms with E-state index in [9.17, 15) is 4.79 Å². The van der Waals surface area contributed by atoms with Crippen molar-refractivity contribution in [2.24, 2.45) is 0 Å². The summed E-state index contributed by atoms with van der Waals surface area (Å²) in [7, 11) is 5.10. The fourth-order valence-electron chi connectivity index (χ4n) is 3.69. The van der Waals surface area contributed by atoms with Crippen molar-refractivity contribution in [3.8, 4) is 5.69 Å². The summed E-state index contributed by atoms with van der Waals surface area (Å²) < 4.78 is 12.3. The lowest BCUT2D eigenvalue weighted by molar-refractivity contribution is -0.132. The summed E-state index contributed by atoms with van der Waals surface area (Å²) in [6.45, 7) is 5.15. The first kappa shape index (κ1) is 25.5. The molecule has 9 heteroatoms. The van der Waals surface area contributed by atoms with Gasteiger partial charge in [0.2, 0.25) is 11.9 Å². The summed E-state index contributed by atoms with van der Waals surface area (Å²) in [6, 6.07) is 8.23. The van der Waals surface area contributed by atoms with Crippen molar-refractivity contribution in [3.05, 3.63) is 42.2 Å². The fourth-order valence-corrected chi connectivity index (χ4v) is 3.69. The molecule has 0 aliphatic heterocycles. The van der Waals surface area contributed by atoms with E-state index in [0.717, 1.165) is 40.9 Å². The van der Waals surface area contributed by atoms with Gasteiger partial charge in [-0.2, -0.15) is 4.98 Å². The van der Waals surface area contributed by atoms with Gasteiger partial charge in [-0.3, -0.25) is 4.79 Å². The minimum Gasteiger partial charge on any atom is -0.383 e. The maximum Gasteiger partial charge on any atom is 0.224 e. The van der Waals surface area contributed by atoms with Gasteiger partial charge in [0.1, 0.15) is 5.82 Å². The first-order chi connectivity index (χ1) is 16.6. The zero-order valence-electron chi connectivity index (χ0n) is 20.6. The Morgan fingerprint density at radius 1 is 1.12 bits per heavy atom. The highest BCUT2D eigenvalue weighted by Crippen LogP contribution is 2.25. The maximum atomic E-state index is 12.7. The molecule has 0 fully saturated rings. The molecule has 0 atom stereocenters. The van der Waals surface area contributed by atoms with Gasteiger partial charge in [0.25, 0.3) is 0 Å². The van der Waals surface area contributed by atoms with E-state index in [2.05, 4.69) is 62.6 Å². The van der Waals surface area contributed by atoms with E-state index in [1.807, 2.05) is 13.2 Å². The average molecular weight is 469 g/mol. The van der Waals surface area contributed by atoms with Gasteiger partial charge in [-0.1, -0.05) is 6.92 Å². The molecular formula is C25H36N6O3. The maximum absolute atomic E-state index is 12.7. The Bertz CT molecular complexity index is 1060. The lowest BCUT2D eigenvalue weighted by atomic mass is 10.1. The van der Waals surface area contributed by atoms with Crippen molar-refractivity contribution in [1.82, 2.24) is 19.4 Å². The van der Waals surface area contributed by atoms with Crippen LogP contribution in [0, 0.1) is 0 Å². The van der Waals surface area contributed by atoms with Crippen LogP contribution in [0.1, 0.15) is 25.3 Å². The third-order valence-electron chi connectivity index (χ3n) is 5.61.